The number of benzene rings is 1. The van der Waals surface area contributed by atoms with Crippen LogP contribution < -0.4 is 5.63 Å². The second-order valence-electron chi connectivity index (χ2n) is 6.05. The van der Waals surface area contributed by atoms with Gasteiger partial charge in [-0.15, -0.1) is 0 Å². The first kappa shape index (κ1) is 20.1. The Kier molecular flexibility index (Phi) is 7.32. The third-order valence-corrected chi connectivity index (χ3v) is 4.17. The molecule has 142 valence electrons. The Balaban J connectivity index is 2.29. The number of hydrogen-bond acceptors (Lipinski definition) is 7. The second kappa shape index (κ2) is 9.47. The van der Waals surface area contributed by atoms with E-state index in [9.17, 15) is 9.59 Å². The first-order chi connectivity index (χ1) is 12.5. The molecule has 0 fully saturated rings. The number of nitrogens with zero attached hydrogens (tertiary/aromatic N) is 1. The van der Waals surface area contributed by atoms with Crippen LogP contribution in [0.3, 0.4) is 0 Å². The lowest BCUT2D eigenvalue weighted by molar-refractivity contribution is -0.142. The topological polar surface area (TPSA) is 78.2 Å². The number of carbonyl (C=O) groups is 1. The summed E-state index contributed by atoms with van der Waals surface area (Å²) in [5.74, 6) is -0.297. The van der Waals surface area contributed by atoms with Crippen LogP contribution in [0.5, 0.6) is 0 Å². The normalized spacial score (nSPS) is 11.5. The highest BCUT2D eigenvalue weighted by atomic mass is 16.7. The molecule has 0 N–H and O–H groups in total. The Hall–Kier alpha value is -2.22. The van der Waals surface area contributed by atoms with E-state index in [0.29, 0.717) is 25.2 Å². The monoisotopic (exact) mass is 363 g/mol. The average Bonchev–Trinajstić information content (AvgIpc) is 2.62. The largest absolute Gasteiger partial charge is 0.469 e. The van der Waals surface area contributed by atoms with Gasteiger partial charge < -0.3 is 18.6 Å². The molecule has 0 radical (unpaired) electrons. The first-order valence-electron chi connectivity index (χ1n) is 8.35. The molecule has 0 saturated carbocycles. The Bertz CT molecular complexity index is 796. The number of esters is 1. The lowest BCUT2D eigenvalue weighted by Gasteiger charge is -2.26. The van der Waals surface area contributed by atoms with Crippen molar-refractivity contribution in [2.75, 3.05) is 34.4 Å². The highest BCUT2D eigenvalue weighted by molar-refractivity contribution is 5.80. The number of methoxy groups -OCH3 is 3. The number of hydrogen-bond donors (Lipinski definition) is 0. The fourth-order valence-corrected chi connectivity index (χ4v) is 2.75. The molecule has 0 bridgehead atoms. The summed E-state index contributed by atoms with van der Waals surface area (Å²) < 4.78 is 20.6. The molecular formula is C19H25NO6. The zero-order valence-corrected chi connectivity index (χ0v) is 15.6. The van der Waals surface area contributed by atoms with Gasteiger partial charge in [0.1, 0.15) is 5.58 Å². The molecule has 1 heterocycles. The molecule has 7 nitrogen and oxygen atoms in total. The van der Waals surface area contributed by atoms with Gasteiger partial charge in [-0.25, -0.2) is 4.79 Å². The standard InChI is InChI=1S/C19H25NO6/c1-13-5-6-15-14(10-18(22)26-16(15)9-13)11-20(8-7-17(21)23-2)12-19(24-3)25-4/h5-6,9-10,19H,7-8,11-12H2,1-4H3. The lowest BCUT2D eigenvalue weighted by Crippen LogP contribution is -2.36. The summed E-state index contributed by atoms with van der Waals surface area (Å²) in [7, 11) is 4.47. The van der Waals surface area contributed by atoms with Gasteiger partial charge in [0, 0.05) is 45.3 Å². The van der Waals surface area contributed by atoms with E-state index in [-0.39, 0.29) is 12.4 Å². The van der Waals surface area contributed by atoms with Crippen LogP contribution in [0, 0.1) is 6.92 Å². The van der Waals surface area contributed by atoms with Crippen molar-refractivity contribution in [3.8, 4) is 0 Å². The molecule has 7 heteroatoms. The SMILES string of the molecule is COC(=O)CCN(Cc1cc(=O)oc2cc(C)ccc12)CC(OC)OC. The summed E-state index contributed by atoms with van der Waals surface area (Å²) in [6, 6.07) is 7.23. The minimum atomic E-state index is -0.443. The lowest BCUT2D eigenvalue weighted by atomic mass is 10.1. The van der Waals surface area contributed by atoms with Crippen LogP contribution in [0.25, 0.3) is 11.0 Å². The van der Waals surface area contributed by atoms with Crippen molar-refractivity contribution < 1.29 is 23.4 Å². The van der Waals surface area contributed by atoms with Crippen LogP contribution in [0.15, 0.2) is 33.5 Å². The molecule has 0 aliphatic carbocycles. The van der Waals surface area contributed by atoms with Crippen molar-refractivity contribution in [1.29, 1.82) is 0 Å². The molecule has 0 spiro atoms. The molecule has 0 saturated heterocycles. The van der Waals surface area contributed by atoms with Crippen molar-refractivity contribution in [3.63, 3.8) is 0 Å². The molecule has 26 heavy (non-hydrogen) atoms. The molecule has 2 rings (SSSR count). The summed E-state index contributed by atoms with van der Waals surface area (Å²) in [6.45, 7) is 3.28. The highest BCUT2D eigenvalue weighted by Gasteiger charge is 2.17. The van der Waals surface area contributed by atoms with Gasteiger partial charge in [0.05, 0.1) is 13.5 Å². The van der Waals surface area contributed by atoms with Gasteiger partial charge in [0.25, 0.3) is 0 Å². The van der Waals surface area contributed by atoms with Crippen molar-refractivity contribution in [2.45, 2.75) is 26.2 Å². The number of rotatable bonds is 9. The van der Waals surface area contributed by atoms with E-state index >= 15 is 0 Å². The number of carbonyl (C=O) groups excluding carboxylic acids is 1. The molecule has 1 aromatic heterocycles. The second-order valence-corrected chi connectivity index (χ2v) is 6.05. The maximum absolute atomic E-state index is 11.9. The predicted octanol–water partition coefficient (Wildman–Crippen LogP) is 2.09. The average molecular weight is 363 g/mol. The summed E-state index contributed by atoms with van der Waals surface area (Å²) >= 11 is 0. The van der Waals surface area contributed by atoms with Gasteiger partial charge in [-0.1, -0.05) is 12.1 Å². The van der Waals surface area contributed by atoms with Crippen LogP contribution in [0.1, 0.15) is 17.5 Å². The zero-order valence-electron chi connectivity index (χ0n) is 15.6. The first-order valence-corrected chi connectivity index (χ1v) is 8.35. The van der Waals surface area contributed by atoms with E-state index in [1.54, 1.807) is 14.2 Å². The molecule has 2 aromatic rings. The highest BCUT2D eigenvalue weighted by Crippen LogP contribution is 2.20. The number of ether oxygens (including phenoxy) is 3. The van der Waals surface area contributed by atoms with Crippen LogP contribution in [0.2, 0.25) is 0 Å². The van der Waals surface area contributed by atoms with Gasteiger partial charge in [-0.2, -0.15) is 0 Å². The fourth-order valence-electron chi connectivity index (χ4n) is 2.75. The van der Waals surface area contributed by atoms with E-state index in [1.807, 2.05) is 30.0 Å². The van der Waals surface area contributed by atoms with Gasteiger partial charge in [-0.3, -0.25) is 9.69 Å². The Labute approximate surface area is 152 Å². The van der Waals surface area contributed by atoms with Gasteiger partial charge >= 0.3 is 11.6 Å². The fraction of sp³-hybridized carbons (Fsp3) is 0.474. The van der Waals surface area contributed by atoms with E-state index in [0.717, 1.165) is 16.5 Å². The van der Waals surface area contributed by atoms with E-state index in [1.165, 1.54) is 13.2 Å². The predicted molar refractivity (Wildman–Crippen MR) is 96.9 cm³/mol. The van der Waals surface area contributed by atoms with E-state index < -0.39 is 11.9 Å². The minimum absolute atomic E-state index is 0.231. The molecular weight excluding hydrogens is 338 g/mol. The maximum atomic E-state index is 11.9. The third-order valence-electron chi connectivity index (χ3n) is 4.17. The Morgan fingerprint density at radius 3 is 2.58 bits per heavy atom. The molecule has 0 atom stereocenters. The van der Waals surface area contributed by atoms with E-state index in [4.69, 9.17) is 18.6 Å². The van der Waals surface area contributed by atoms with Crippen molar-refractivity contribution in [1.82, 2.24) is 4.90 Å². The van der Waals surface area contributed by atoms with Crippen LogP contribution in [0.4, 0.5) is 0 Å². The van der Waals surface area contributed by atoms with Crippen molar-refractivity contribution in [3.05, 3.63) is 45.8 Å². The van der Waals surface area contributed by atoms with Gasteiger partial charge in [-0.05, 0) is 24.1 Å². The summed E-state index contributed by atoms with van der Waals surface area (Å²) in [4.78, 5) is 25.4. The summed E-state index contributed by atoms with van der Waals surface area (Å²) in [5.41, 5.74) is 1.99. The molecule has 0 amide bonds. The van der Waals surface area contributed by atoms with Crippen LogP contribution >= 0.6 is 0 Å². The number of aryl methyl sites for hydroxylation is 1. The minimum Gasteiger partial charge on any atom is -0.469 e. The quantitative estimate of drug-likeness (QED) is 0.383. The molecule has 0 unspecified atom stereocenters. The summed E-state index contributed by atoms with van der Waals surface area (Å²) in [6.07, 6.45) is -0.212. The number of fused-ring (bicyclic) bond motifs is 1. The third kappa shape index (κ3) is 5.39. The van der Waals surface area contributed by atoms with Crippen LogP contribution in [-0.2, 0) is 25.5 Å². The Morgan fingerprint density at radius 1 is 1.19 bits per heavy atom. The maximum Gasteiger partial charge on any atom is 0.336 e. The molecule has 0 aliphatic rings. The van der Waals surface area contributed by atoms with E-state index in [2.05, 4.69) is 0 Å². The molecule has 0 aliphatic heterocycles. The smallest absolute Gasteiger partial charge is 0.336 e. The van der Waals surface area contributed by atoms with Gasteiger partial charge in [0.15, 0.2) is 6.29 Å². The van der Waals surface area contributed by atoms with Crippen molar-refractivity contribution in [2.24, 2.45) is 0 Å². The van der Waals surface area contributed by atoms with Crippen molar-refractivity contribution >= 4 is 16.9 Å². The zero-order chi connectivity index (χ0) is 19.1. The Morgan fingerprint density at radius 2 is 1.92 bits per heavy atom. The van der Waals surface area contributed by atoms with Crippen LogP contribution in [-0.4, -0.2) is 51.6 Å². The molecule has 1 aromatic carbocycles. The van der Waals surface area contributed by atoms with Gasteiger partial charge in [0.2, 0.25) is 0 Å². The summed E-state index contributed by atoms with van der Waals surface area (Å²) in [5, 5.41) is 0.865.